The monoisotopic (exact) mass is 564 g/mol. The van der Waals surface area contributed by atoms with Crippen LogP contribution in [0.15, 0.2) is 56.0 Å². The van der Waals surface area contributed by atoms with E-state index < -0.39 is 5.97 Å². The highest BCUT2D eigenvalue weighted by Crippen LogP contribution is 2.38. The predicted molar refractivity (Wildman–Crippen MR) is 130 cm³/mol. The van der Waals surface area contributed by atoms with E-state index in [4.69, 9.17) is 14.2 Å². The van der Waals surface area contributed by atoms with Crippen molar-refractivity contribution in [2.24, 2.45) is 5.10 Å². The van der Waals surface area contributed by atoms with Crippen LogP contribution in [0.5, 0.6) is 11.5 Å². The minimum absolute atomic E-state index is 0.221. The topological polar surface area (TPSA) is 77.4 Å². The average Bonchev–Trinajstić information content (AvgIpc) is 3.02. The zero-order valence-electron chi connectivity index (χ0n) is 17.9. The van der Waals surface area contributed by atoms with E-state index in [9.17, 15) is 9.59 Å². The van der Waals surface area contributed by atoms with Crippen molar-refractivity contribution >= 4 is 61.2 Å². The lowest BCUT2D eigenvalue weighted by atomic mass is 10.1. The average molecular weight is 566 g/mol. The first-order valence-corrected chi connectivity index (χ1v) is 11.5. The maximum Gasteiger partial charge on any atom is 0.344 e. The molecule has 0 spiro atoms. The third-order valence-electron chi connectivity index (χ3n) is 4.42. The molecule has 0 saturated carbocycles. The highest BCUT2D eigenvalue weighted by molar-refractivity contribution is 9.10. The van der Waals surface area contributed by atoms with Crippen molar-refractivity contribution < 1.29 is 23.8 Å². The van der Waals surface area contributed by atoms with Gasteiger partial charge in [-0.3, -0.25) is 4.79 Å². The lowest BCUT2D eigenvalue weighted by molar-refractivity contribution is -0.145. The van der Waals surface area contributed by atoms with E-state index in [1.54, 1.807) is 32.1 Å². The Morgan fingerprint density at radius 2 is 1.81 bits per heavy atom. The van der Waals surface area contributed by atoms with Gasteiger partial charge >= 0.3 is 5.97 Å². The second-order valence-corrected chi connectivity index (χ2v) is 8.46. The molecule has 1 amide bonds. The predicted octanol–water partition coefficient (Wildman–Crippen LogP) is 5.36. The fraction of sp³-hybridized carbons (Fsp3) is 0.261. The van der Waals surface area contributed by atoms with Crippen LogP contribution in [-0.2, 0) is 14.3 Å². The van der Waals surface area contributed by atoms with Crippen molar-refractivity contribution in [2.75, 3.05) is 24.8 Å². The largest absolute Gasteiger partial charge is 0.490 e. The van der Waals surface area contributed by atoms with E-state index in [0.717, 1.165) is 10.0 Å². The number of carbonyl (C=O) groups excluding carboxylic acids is 2. The van der Waals surface area contributed by atoms with Gasteiger partial charge in [0.2, 0.25) is 0 Å². The Kier molecular flexibility index (Phi) is 8.09. The summed E-state index contributed by atoms with van der Waals surface area (Å²) in [6, 6.07) is 10.9. The molecule has 0 radical (unpaired) electrons. The molecule has 1 heterocycles. The zero-order chi connectivity index (χ0) is 23.3. The molecule has 9 heteroatoms. The van der Waals surface area contributed by atoms with Crippen LogP contribution in [0.25, 0.3) is 6.08 Å². The van der Waals surface area contributed by atoms with Crippen LogP contribution in [-0.4, -0.2) is 37.4 Å². The number of esters is 1. The van der Waals surface area contributed by atoms with E-state index in [-0.39, 0.29) is 19.1 Å². The van der Waals surface area contributed by atoms with Gasteiger partial charge in [0.25, 0.3) is 5.91 Å². The molecule has 1 aliphatic rings. The number of anilines is 1. The van der Waals surface area contributed by atoms with Crippen molar-refractivity contribution in [3.8, 4) is 11.5 Å². The van der Waals surface area contributed by atoms with E-state index in [0.29, 0.717) is 39.6 Å². The highest BCUT2D eigenvalue weighted by Gasteiger charge is 2.29. The Bertz CT molecular complexity index is 1080. The number of ether oxygens (including phenoxy) is 3. The van der Waals surface area contributed by atoms with Crippen molar-refractivity contribution in [2.45, 2.75) is 20.8 Å². The summed E-state index contributed by atoms with van der Waals surface area (Å²) in [5, 5.41) is 5.79. The van der Waals surface area contributed by atoms with Crippen LogP contribution in [0.3, 0.4) is 0 Å². The molecule has 0 saturated heterocycles. The Labute approximate surface area is 203 Å². The molecule has 168 valence electrons. The van der Waals surface area contributed by atoms with Crippen LogP contribution >= 0.6 is 31.9 Å². The number of nitrogens with zero attached hydrogens (tertiary/aromatic N) is 2. The van der Waals surface area contributed by atoms with Gasteiger partial charge in [0.05, 0.1) is 34.7 Å². The Balaban J connectivity index is 1.89. The van der Waals surface area contributed by atoms with E-state index in [1.807, 2.05) is 31.2 Å². The Hall–Kier alpha value is -2.65. The summed E-state index contributed by atoms with van der Waals surface area (Å²) in [7, 11) is 0. The summed E-state index contributed by atoms with van der Waals surface area (Å²) >= 11 is 6.87. The quantitative estimate of drug-likeness (QED) is 0.318. The molecule has 0 bridgehead atoms. The van der Waals surface area contributed by atoms with Crippen molar-refractivity contribution in [3.05, 3.63) is 56.5 Å². The zero-order valence-corrected chi connectivity index (χ0v) is 21.0. The molecule has 3 rings (SSSR count). The molecule has 2 aromatic carbocycles. The molecule has 0 aromatic heterocycles. The number of benzene rings is 2. The van der Waals surface area contributed by atoms with Gasteiger partial charge < -0.3 is 14.2 Å². The minimum Gasteiger partial charge on any atom is -0.490 e. The van der Waals surface area contributed by atoms with E-state index in [2.05, 4.69) is 37.0 Å². The SMILES string of the molecule is CCOC(=O)COc1c(Br)cc(C=C2C(=O)N(c3ccc(Br)cc3)N=C2C)cc1OCC. The molecule has 0 N–H and O–H groups in total. The Morgan fingerprint density at radius 1 is 1.09 bits per heavy atom. The van der Waals surface area contributed by atoms with Crippen LogP contribution in [0.1, 0.15) is 26.3 Å². The van der Waals surface area contributed by atoms with Crippen LogP contribution in [0.2, 0.25) is 0 Å². The summed E-state index contributed by atoms with van der Waals surface area (Å²) in [6.07, 6.45) is 1.75. The van der Waals surface area contributed by atoms with Gasteiger partial charge in [0.1, 0.15) is 0 Å². The maximum absolute atomic E-state index is 13.0. The summed E-state index contributed by atoms with van der Waals surface area (Å²) < 4.78 is 17.7. The van der Waals surface area contributed by atoms with Gasteiger partial charge in [-0.1, -0.05) is 15.9 Å². The number of halogens is 2. The number of hydrazone groups is 1. The van der Waals surface area contributed by atoms with Crippen LogP contribution < -0.4 is 14.5 Å². The van der Waals surface area contributed by atoms with Crippen molar-refractivity contribution in [1.82, 2.24) is 0 Å². The summed E-state index contributed by atoms with van der Waals surface area (Å²) in [5.74, 6) is 0.149. The molecule has 0 aliphatic carbocycles. The number of carbonyl (C=O) groups is 2. The lowest BCUT2D eigenvalue weighted by Gasteiger charge is -2.14. The molecular formula is C23H22Br2N2O5. The molecule has 7 nitrogen and oxygen atoms in total. The van der Waals surface area contributed by atoms with Gasteiger partial charge in [0.15, 0.2) is 18.1 Å². The number of amides is 1. The molecule has 0 atom stereocenters. The molecule has 0 fully saturated rings. The van der Waals surface area contributed by atoms with E-state index >= 15 is 0 Å². The Morgan fingerprint density at radius 3 is 2.47 bits per heavy atom. The van der Waals surface area contributed by atoms with Gasteiger partial charge in [-0.25, -0.2) is 4.79 Å². The molecular weight excluding hydrogens is 544 g/mol. The minimum atomic E-state index is -0.468. The fourth-order valence-corrected chi connectivity index (χ4v) is 3.85. The first-order valence-electron chi connectivity index (χ1n) is 9.96. The van der Waals surface area contributed by atoms with Crippen molar-refractivity contribution in [1.29, 1.82) is 0 Å². The normalized spacial score (nSPS) is 14.5. The van der Waals surface area contributed by atoms with Crippen LogP contribution in [0, 0.1) is 0 Å². The first-order chi connectivity index (χ1) is 15.3. The number of rotatable bonds is 8. The highest BCUT2D eigenvalue weighted by atomic mass is 79.9. The summed E-state index contributed by atoms with van der Waals surface area (Å²) in [5.41, 5.74) is 2.48. The third-order valence-corrected chi connectivity index (χ3v) is 5.53. The summed E-state index contributed by atoms with van der Waals surface area (Å²) in [4.78, 5) is 24.7. The number of hydrogen-bond donors (Lipinski definition) is 0. The van der Waals surface area contributed by atoms with E-state index in [1.165, 1.54) is 5.01 Å². The van der Waals surface area contributed by atoms with Gasteiger partial charge in [0, 0.05) is 4.47 Å². The van der Waals surface area contributed by atoms with Gasteiger partial charge in [-0.15, -0.1) is 0 Å². The number of hydrogen-bond acceptors (Lipinski definition) is 6. The van der Waals surface area contributed by atoms with Gasteiger partial charge in [-0.05, 0) is 84.7 Å². The molecule has 32 heavy (non-hydrogen) atoms. The molecule has 2 aromatic rings. The second-order valence-electron chi connectivity index (χ2n) is 6.69. The first kappa shape index (κ1) is 24.0. The van der Waals surface area contributed by atoms with Gasteiger partial charge in [-0.2, -0.15) is 10.1 Å². The summed E-state index contributed by atoms with van der Waals surface area (Å²) in [6.45, 7) is 5.81. The van der Waals surface area contributed by atoms with Crippen LogP contribution in [0.4, 0.5) is 5.69 Å². The fourth-order valence-electron chi connectivity index (χ4n) is 3.02. The third kappa shape index (κ3) is 5.58. The smallest absolute Gasteiger partial charge is 0.344 e. The molecule has 1 aliphatic heterocycles. The molecule has 0 unspecified atom stereocenters. The second kappa shape index (κ2) is 10.8. The maximum atomic E-state index is 13.0. The van der Waals surface area contributed by atoms with Crippen molar-refractivity contribution in [3.63, 3.8) is 0 Å². The standard InChI is InChI=1S/C23H22Br2N2O5/c1-4-30-20-12-15(11-19(25)22(20)32-13-21(28)31-5-2)10-18-14(3)26-27(23(18)29)17-8-6-16(24)7-9-17/h6-12H,4-5,13H2,1-3H3. The lowest BCUT2D eigenvalue weighted by Crippen LogP contribution is -2.21.